The highest BCUT2D eigenvalue weighted by atomic mass is 32.1. The fourth-order valence-corrected chi connectivity index (χ4v) is 3.15. The molecule has 1 amide bonds. The normalized spacial score (nSPS) is 11.5. The number of ether oxygens (including phenoxy) is 1. The molecule has 1 N–H and O–H groups in total. The number of nitrogens with one attached hydrogen (secondary N) is 1. The zero-order chi connectivity index (χ0) is 17.3. The smallest absolute Gasteiger partial charge is 0.412 e. The van der Waals surface area contributed by atoms with E-state index in [1.165, 1.54) is 23.5 Å². The molecule has 4 nitrogen and oxygen atoms in total. The summed E-state index contributed by atoms with van der Waals surface area (Å²) in [6.45, 7) is 5.44. The molecule has 1 heterocycles. The van der Waals surface area contributed by atoms with Crippen LogP contribution >= 0.6 is 11.3 Å². The Kier molecular flexibility index (Phi) is 4.24. The van der Waals surface area contributed by atoms with Crippen LogP contribution in [0.1, 0.15) is 20.8 Å². The number of amides is 1. The van der Waals surface area contributed by atoms with Crippen LogP contribution in [0.3, 0.4) is 0 Å². The molecule has 0 fully saturated rings. The number of rotatable bonds is 2. The lowest BCUT2D eigenvalue weighted by Crippen LogP contribution is -2.27. The number of aromatic nitrogens is 1. The third-order valence-corrected chi connectivity index (χ3v) is 4.19. The number of carbonyl (C=O) groups excluding carboxylic acids is 1. The fraction of sp³-hybridized carbons (Fsp3) is 0.222. The average molecular weight is 343 g/mol. The van der Waals surface area contributed by atoms with E-state index in [-0.39, 0.29) is 5.82 Å². The van der Waals surface area contributed by atoms with E-state index < -0.39 is 11.7 Å². The lowest BCUT2D eigenvalue weighted by molar-refractivity contribution is 0.0636. The summed E-state index contributed by atoms with van der Waals surface area (Å²) in [5.41, 5.74) is 1.79. The Balaban J connectivity index is 1.84. The van der Waals surface area contributed by atoms with Crippen molar-refractivity contribution in [3.8, 4) is 10.6 Å². The van der Waals surface area contributed by atoms with Gasteiger partial charge in [0.2, 0.25) is 0 Å². The van der Waals surface area contributed by atoms with Crippen LogP contribution in [0.5, 0.6) is 0 Å². The van der Waals surface area contributed by atoms with E-state index in [1.807, 2.05) is 32.9 Å². The number of thiazole rings is 1. The predicted molar refractivity (Wildman–Crippen MR) is 94.9 cm³/mol. The molecule has 3 rings (SSSR count). The second-order valence-electron chi connectivity index (χ2n) is 6.34. The molecule has 2 aromatic carbocycles. The third kappa shape index (κ3) is 3.89. The molecule has 0 atom stereocenters. The van der Waals surface area contributed by atoms with Gasteiger partial charge >= 0.3 is 6.09 Å². The van der Waals surface area contributed by atoms with Crippen LogP contribution in [-0.4, -0.2) is 16.7 Å². The average Bonchev–Trinajstić information content (AvgIpc) is 2.89. The number of nitrogens with zero attached hydrogens (tertiary/aromatic N) is 1. The van der Waals surface area contributed by atoms with E-state index in [2.05, 4.69) is 10.3 Å². The van der Waals surface area contributed by atoms with Gasteiger partial charge in [0.05, 0.1) is 10.2 Å². The van der Waals surface area contributed by atoms with Gasteiger partial charge in [0.15, 0.2) is 0 Å². The zero-order valence-corrected chi connectivity index (χ0v) is 14.4. The number of fused-ring (bicyclic) bond motifs is 1. The summed E-state index contributed by atoms with van der Waals surface area (Å²) in [6, 6.07) is 11.7. The summed E-state index contributed by atoms with van der Waals surface area (Å²) in [7, 11) is 0. The monoisotopic (exact) mass is 343 g/mol. The molecule has 0 aliphatic carbocycles. The quantitative estimate of drug-likeness (QED) is 0.673. The molecule has 0 spiro atoms. The summed E-state index contributed by atoms with van der Waals surface area (Å²) >= 11 is 1.48. The molecule has 0 unspecified atom stereocenters. The van der Waals surface area contributed by atoms with Crippen LogP contribution in [-0.2, 0) is 4.74 Å². The summed E-state index contributed by atoms with van der Waals surface area (Å²) in [5.74, 6) is -0.274. The van der Waals surface area contributed by atoms with Gasteiger partial charge in [0.1, 0.15) is 16.4 Å². The molecule has 0 radical (unpaired) electrons. The van der Waals surface area contributed by atoms with Crippen molar-refractivity contribution in [1.29, 1.82) is 0 Å². The maximum Gasteiger partial charge on any atom is 0.412 e. The molecule has 24 heavy (non-hydrogen) atoms. The van der Waals surface area contributed by atoms with Crippen molar-refractivity contribution in [2.45, 2.75) is 26.4 Å². The Bertz CT molecular complexity index is 882. The van der Waals surface area contributed by atoms with Crippen LogP contribution < -0.4 is 5.32 Å². The van der Waals surface area contributed by atoms with Gasteiger partial charge in [0, 0.05) is 11.3 Å². The first kappa shape index (κ1) is 16.4. The van der Waals surface area contributed by atoms with Gasteiger partial charge < -0.3 is 4.74 Å². The highest BCUT2D eigenvalue weighted by Gasteiger charge is 2.16. The second kappa shape index (κ2) is 6.20. The van der Waals surface area contributed by atoms with Crippen molar-refractivity contribution < 1.29 is 13.9 Å². The number of carbonyl (C=O) groups is 1. The van der Waals surface area contributed by atoms with Crippen molar-refractivity contribution in [3.05, 3.63) is 48.3 Å². The molecule has 3 aromatic rings. The first-order chi connectivity index (χ1) is 11.3. The Morgan fingerprint density at radius 3 is 2.54 bits per heavy atom. The van der Waals surface area contributed by atoms with Crippen molar-refractivity contribution in [1.82, 2.24) is 4.98 Å². The molecule has 0 aliphatic rings. The SMILES string of the molecule is CC(C)(C)OC(=O)Nc1ccc2nc(-c3ccc([18F])cc3)sc2c1. The summed E-state index contributed by atoms with van der Waals surface area (Å²) in [4.78, 5) is 16.4. The molecule has 6 heteroatoms. The van der Waals surface area contributed by atoms with Gasteiger partial charge in [0.25, 0.3) is 0 Å². The van der Waals surface area contributed by atoms with E-state index in [0.29, 0.717) is 5.69 Å². The van der Waals surface area contributed by atoms with E-state index in [0.717, 1.165) is 20.8 Å². The minimum Gasteiger partial charge on any atom is -0.444 e. The van der Waals surface area contributed by atoms with Crippen molar-refractivity contribution in [3.63, 3.8) is 0 Å². The highest BCUT2D eigenvalue weighted by Crippen LogP contribution is 2.31. The van der Waals surface area contributed by atoms with Crippen LogP contribution in [0.25, 0.3) is 20.8 Å². The van der Waals surface area contributed by atoms with E-state index >= 15 is 0 Å². The largest absolute Gasteiger partial charge is 0.444 e. The minimum atomic E-state index is -0.547. The van der Waals surface area contributed by atoms with Crippen LogP contribution in [0.4, 0.5) is 14.9 Å². The second-order valence-corrected chi connectivity index (χ2v) is 7.37. The number of anilines is 1. The maximum atomic E-state index is 13.0. The molecular weight excluding hydrogens is 326 g/mol. The maximum absolute atomic E-state index is 13.0. The van der Waals surface area contributed by atoms with Crippen LogP contribution in [0, 0.1) is 5.82 Å². The van der Waals surface area contributed by atoms with Crippen LogP contribution in [0.15, 0.2) is 42.5 Å². The Morgan fingerprint density at radius 2 is 1.88 bits per heavy atom. The Morgan fingerprint density at radius 1 is 1.17 bits per heavy atom. The van der Waals surface area contributed by atoms with E-state index in [9.17, 15) is 9.18 Å². The van der Waals surface area contributed by atoms with Crippen molar-refractivity contribution in [2.24, 2.45) is 0 Å². The molecule has 0 saturated heterocycles. The molecule has 0 aliphatic heterocycles. The van der Waals surface area contributed by atoms with Gasteiger partial charge in [-0.15, -0.1) is 11.3 Å². The molecule has 0 saturated carbocycles. The first-order valence-corrected chi connectivity index (χ1v) is 8.28. The summed E-state index contributed by atoms with van der Waals surface area (Å²) in [6.07, 6.45) is -0.495. The first-order valence-electron chi connectivity index (χ1n) is 7.47. The lowest BCUT2D eigenvalue weighted by atomic mass is 10.2. The molecule has 124 valence electrons. The highest BCUT2D eigenvalue weighted by molar-refractivity contribution is 7.21. The van der Waals surface area contributed by atoms with Gasteiger partial charge in [-0.25, -0.2) is 14.2 Å². The minimum absolute atomic E-state index is 0.274. The molecular formula is C18H17FN2O2S. The fourth-order valence-electron chi connectivity index (χ4n) is 2.14. The standard InChI is InChI=1S/C18H17FN2O2S/c1-18(2,3)23-17(22)20-13-8-9-14-15(10-13)24-16(21-14)11-4-6-12(19)7-5-11/h4-10H,1-3H3,(H,20,22)/i19-1. The predicted octanol–water partition coefficient (Wildman–Crippen LogP) is 5.45. The lowest BCUT2D eigenvalue weighted by Gasteiger charge is -2.19. The van der Waals surface area contributed by atoms with Crippen LogP contribution in [0.2, 0.25) is 0 Å². The van der Waals surface area contributed by atoms with Crippen molar-refractivity contribution in [2.75, 3.05) is 5.32 Å². The number of benzene rings is 2. The van der Waals surface area contributed by atoms with Gasteiger partial charge in [-0.1, -0.05) is 0 Å². The Hall–Kier alpha value is -2.47. The van der Waals surface area contributed by atoms with Gasteiger partial charge in [-0.3, -0.25) is 5.32 Å². The summed E-state index contributed by atoms with van der Waals surface area (Å²) < 4.78 is 19.2. The molecule has 1 aromatic heterocycles. The zero-order valence-electron chi connectivity index (χ0n) is 13.6. The third-order valence-electron chi connectivity index (χ3n) is 3.12. The number of halogens is 1. The molecule has 0 bridgehead atoms. The summed E-state index contributed by atoms with van der Waals surface area (Å²) in [5, 5.41) is 3.52. The van der Waals surface area contributed by atoms with Crippen molar-refractivity contribution >= 4 is 33.3 Å². The number of hydrogen-bond donors (Lipinski definition) is 1. The number of hydrogen-bond acceptors (Lipinski definition) is 4. The van der Waals surface area contributed by atoms with E-state index in [1.54, 1.807) is 18.2 Å². The Labute approximate surface area is 143 Å². The van der Waals surface area contributed by atoms with Gasteiger partial charge in [-0.2, -0.15) is 0 Å². The van der Waals surface area contributed by atoms with Gasteiger partial charge in [-0.05, 0) is 63.2 Å². The topological polar surface area (TPSA) is 51.2 Å². The van der Waals surface area contributed by atoms with E-state index in [4.69, 9.17) is 4.74 Å².